The van der Waals surface area contributed by atoms with Gasteiger partial charge >= 0.3 is 0 Å². The van der Waals surface area contributed by atoms with Crippen LogP contribution in [0.3, 0.4) is 0 Å². The quantitative estimate of drug-likeness (QED) is 0.752. The number of aliphatic hydroxyl groups is 1. The van der Waals surface area contributed by atoms with E-state index in [1.54, 1.807) is 5.56 Å². The number of rotatable bonds is 7. The van der Waals surface area contributed by atoms with E-state index in [-0.39, 0.29) is 0 Å². The highest BCUT2D eigenvalue weighted by Gasteiger charge is 2.28. The maximum atomic E-state index is 8.73. The first-order chi connectivity index (χ1) is 9.24. The van der Waals surface area contributed by atoms with Crippen molar-refractivity contribution in [3.8, 4) is 0 Å². The Labute approximate surface area is 121 Å². The number of aliphatic hydroxyl groups excluding tert-OH is 1. The molecule has 2 unspecified atom stereocenters. The van der Waals surface area contributed by atoms with Crippen LogP contribution in [0.1, 0.15) is 48.4 Å². The fourth-order valence-corrected chi connectivity index (χ4v) is 3.85. The maximum Gasteiger partial charge on any atom is 0.0438 e. The van der Waals surface area contributed by atoms with Crippen LogP contribution in [0.5, 0.6) is 0 Å². The van der Waals surface area contributed by atoms with E-state index >= 15 is 0 Å². The second kappa shape index (κ2) is 7.32. The monoisotopic (exact) mass is 279 g/mol. The molecule has 3 heteroatoms. The van der Waals surface area contributed by atoms with Crippen molar-refractivity contribution >= 4 is 11.8 Å². The molecule has 0 aliphatic heterocycles. The number of nitrogens with one attached hydrogen (secondary N) is 1. The number of fused-ring (bicyclic) bond motifs is 1. The summed E-state index contributed by atoms with van der Waals surface area (Å²) in [6, 6.07) is 7.21. The average molecular weight is 279 g/mol. The van der Waals surface area contributed by atoms with Crippen molar-refractivity contribution in [3.63, 3.8) is 0 Å². The van der Waals surface area contributed by atoms with Crippen LogP contribution < -0.4 is 5.32 Å². The van der Waals surface area contributed by atoms with Crippen molar-refractivity contribution in [2.45, 2.75) is 38.6 Å². The van der Waals surface area contributed by atoms with Crippen LogP contribution in [0.2, 0.25) is 0 Å². The summed E-state index contributed by atoms with van der Waals surface area (Å²) in [4.78, 5) is 0. The van der Waals surface area contributed by atoms with E-state index in [1.165, 1.54) is 17.5 Å². The van der Waals surface area contributed by atoms with Gasteiger partial charge in [-0.25, -0.2) is 0 Å². The zero-order valence-electron chi connectivity index (χ0n) is 12.0. The molecule has 0 fully saturated rings. The third-order valence-corrected chi connectivity index (χ3v) is 4.97. The normalized spacial score (nSPS) is 21.6. The Kier molecular flexibility index (Phi) is 5.74. The van der Waals surface area contributed by atoms with E-state index in [0.29, 0.717) is 18.6 Å². The summed E-state index contributed by atoms with van der Waals surface area (Å²) in [7, 11) is 0. The molecule has 2 nitrogen and oxygen atoms in total. The van der Waals surface area contributed by atoms with Gasteiger partial charge in [-0.15, -0.1) is 0 Å². The molecule has 106 valence electrons. The van der Waals surface area contributed by atoms with Gasteiger partial charge in [0.2, 0.25) is 0 Å². The number of hydrogen-bond acceptors (Lipinski definition) is 3. The molecule has 0 aromatic heterocycles. The van der Waals surface area contributed by atoms with Crippen molar-refractivity contribution in [3.05, 3.63) is 34.9 Å². The van der Waals surface area contributed by atoms with E-state index in [1.807, 2.05) is 11.8 Å². The maximum absolute atomic E-state index is 8.73. The van der Waals surface area contributed by atoms with Crippen molar-refractivity contribution in [2.24, 2.45) is 0 Å². The van der Waals surface area contributed by atoms with Gasteiger partial charge in [-0.05, 0) is 48.1 Å². The Morgan fingerprint density at radius 1 is 1.37 bits per heavy atom. The molecule has 1 aliphatic carbocycles. The van der Waals surface area contributed by atoms with Gasteiger partial charge in [0.05, 0.1) is 0 Å². The van der Waals surface area contributed by atoms with Crippen LogP contribution >= 0.6 is 11.8 Å². The van der Waals surface area contributed by atoms with Gasteiger partial charge in [-0.2, -0.15) is 11.8 Å². The molecule has 0 saturated heterocycles. The fourth-order valence-electron chi connectivity index (χ4n) is 3.05. The van der Waals surface area contributed by atoms with Crippen molar-refractivity contribution in [1.82, 2.24) is 5.32 Å². The summed E-state index contributed by atoms with van der Waals surface area (Å²) in [5.41, 5.74) is 4.51. The summed E-state index contributed by atoms with van der Waals surface area (Å²) in [6.07, 6.45) is 2.13. The molecule has 2 N–H and O–H groups in total. The highest BCUT2D eigenvalue weighted by Crippen LogP contribution is 2.41. The summed E-state index contributed by atoms with van der Waals surface area (Å²) >= 11 is 1.92. The molecule has 2 atom stereocenters. The van der Waals surface area contributed by atoms with Gasteiger partial charge in [-0.1, -0.05) is 25.1 Å². The SMILES string of the molecule is Cc1cccc2c1C(C)CC2NCCSCCCO. The first kappa shape index (κ1) is 14.9. The van der Waals surface area contributed by atoms with Crippen LogP contribution in [0.25, 0.3) is 0 Å². The molecule has 0 heterocycles. The van der Waals surface area contributed by atoms with E-state index in [2.05, 4.69) is 37.4 Å². The van der Waals surface area contributed by atoms with Gasteiger partial charge in [-0.3, -0.25) is 0 Å². The highest BCUT2D eigenvalue weighted by atomic mass is 32.2. The molecular weight excluding hydrogens is 254 g/mol. The topological polar surface area (TPSA) is 32.3 Å². The first-order valence-corrected chi connectivity index (χ1v) is 8.41. The molecule has 0 amide bonds. The summed E-state index contributed by atoms with van der Waals surface area (Å²) in [5.74, 6) is 2.87. The third-order valence-electron chi connectivity index (χ3n) is 3.90. The van der Waals surface area contributed by atoms with E-state index in [9.17, 15) is 0 Å². The lowest BCUT2D eigenvalue weighted by Gasteiger charge is -2.14. The Hall–Kier alpha value is -0.510. The van der Waals surface area contributed by atoms with E-state index in [4.69, 9.17) is 5.11 Å². The largest absolute Gasteiger partial charge is 0.396 e. The van der Waals surface area contributed by atoms with Crippen molar-refractivity contribution in [2.75, 3.05) is 24.7 Å². The Bertz CT molecular complexity index is 408. The van der Waals surface area contributed by atoms with Gasteiger partial charge in [0.15, 0.2) is 0 Å². The number of aryl methyl sites for hydroxylation is 1. The lowest BCUT2D eigenvalue weighted by atomic mass is 9.98. The predicted octanol–water partition coefficient (Wildman–Crippen LogP) is 3.25. The smallest absolute Gasteiger partial charge is 0.0438 e. The van der Waals surface area contributed by atoms with Gasteiger partial charge in [0.25, 0.3) is 0 Å². The lowest BCUT2D eigenvalue weighted by Crippen LogP contribution is -2.22. The standard InChI is InChI=1S/C16H25NOS/c1-12-5-3-6-14-15(11-13(2)16(12)14)17-7-10-19-9-4-8-18/h3,5-6,13,15,17-18H,4,7-11H2,1-2H3. The molecule has 0 radical (unpaired) electrons. The molecule has 0 bridgehead atoms. The van der Waals surface area contributed by atoms with Gasteiger partial charge in [0.1, 0.15) is 0 Å². The highest BCUT2D eigenvalue weighted by molar-refractivity contribution is 7.99. The molecular formula is C16H25NOS. The minimum absolute atomic E-state index is 0.313. The molecule has 0 spiro atoms. The lowest BCUT2D eigenvalue weighted by molar-refractivity contribution is 0.296. The van der Waals surface area contributed by atoms with E-state index < -0.39 is 0 Å². The van der Waals surface area contributed by atoms with Crippen molar-refractivity contribution < 1.29 is 5.11 Å². The number of benzene rings is 1. The summed E-state index contributed by atoms with van der Waals surface area (Å²) < 4.78 is 0. The average Bonchev–Trinajstić information content (AvgIpc) is 2.72. The third kappa shape index (κ3) is 3.74. The molecule has 2 rings (SSSR count). The Morgan fingerprint density at radius 2 is 2.21 bits per heavy atom. The van der Waals surface area contributed by atoms with Crippen molar-refractivity contribution in [1.29, 1.82) is 0 Å². The van der Waals surface area contributed by atoms with Crippen LogP contribution in [-0.4, -0.2) is 29.8 Å². The summed E-state index contributed by atoms with van der Waals surface area (Å²) in [6.45, 7) is 5.93. The van der Waals surface area contributed by atoms with Crippen LogP contribution in [0, 0.1) is 6.92 Å². The minimum atomic E-state index is 0.313. The second-order valence-corrected chi connectivity index (χ2v) is 6.64. The zero-order valence-corrected chi connectivity index (χ0v) is 12.8. The molecule has 1 aliphatic rings. The zero-order chi connectivity index (χ0) is 13.7. The summed E-state index contributed by atoms with van der Waals surface area (Å²) in [5, 5.41) is 12.4. The second-order valence-electron chi connectivity index (χ2n) is 5.41. The molecule has 1 aromatic rings. The molecule has 0 saturated carbocycles. The first-order valence-electron chi connectivity index (χ1n) is 7.25. The number of hydrogen-bond donors (Lipinski definition) is 2. The van der Waals surface area contributed by atoms with Crippen LogP contribution in [0.15, 0.2) is 18.2 Å². The Balaban J connectivity index is 1.82. The minimum Gasteiger partial charge on any atom is -0.396 e. The van der Waals surface area contributed by atoms with E-state index in [0.717, 1.165) is 24.5 Å². The predicted molar refractivity (Wildman–Crippen MR) is 84.0 cm³/mol. The fraction of sp³-hybridized carbons (Fsp3) is 0.625. The molecule has 1 aromatic carbocycles. The number of thioether (sulfide) groups is 1. The van der Waals surface area contributed by atoms with Gasteiger partial charge in [0, 0.05) is 24.9 Å². The van der Waals surface area contributed by atoms with Crippen LogP contribution in [-0.2, 0) is 0 Å². The van der Waals surface area contributed by atoms with Gasteiger partial charge < -0.3 is 10.4 Å². The molecule has 19 heavy (non-hydrogen) atoms. The van der Waals surface area contributed by atoms with Crippen LogP contribution in [0.4, 0.5) is 0 Å². The Morgan fingerprint density at radius 3 is 3.00 bits per heavy atom.